The average molecular weight is 597 g/mol. The van der Waals surface area contributed by atoms with Crippen molar-refractivity contribution in [2.45, 2.75) is 26.8 Å². The van der Waals surface area contributed by atoms with Crippen LogP contribution in [0.3, 0.4) is 0 Å². The van der Waals surface area contributed by atoms with E-state index in [0.717, 1.165) is 17.0 Å². The van der Waals surface area contributed by atoms with Gasteiger partial charge < -0.3 is 4.74 Å². The van der Waals surface area contributed by atoms with Crippen molar-refractivity contribution in [3.8, 4) is 16.9 Å². The van der Waals surface area contributed by atoms with Gasteiger partial charge in [0.1, 0.15) is 17.3 Å². The van der Waals surface area contributed by atoms with Crippen LogP contribution in [0, 0.1) is 18.6 Å². The molecule has 10 heteroatoms. The Morgan fingerprint density at radius 2 is 1.79 bits per heavy atom. The second kappa shape index (κ2) is 11.4. The van der Waals surface area contributed by atoms with Crippen LogP contribution in [0.2, 0.25) is 0 Å². The number of hydrogen-bond donors (Lipinski definition) is 0. The second-order valence-electron chi connectivity index (χ2n) is 10.0. The van der Waals surface area contributed by atoms with Crippen LogP contribution >= 0.6 is 11.3 Å². The third-order valence-electron chi connectivity index (χ3n) is 7.20. The summed E-state index contributed by atoms with van der Waals surface area (Å²) in [7, 11) is 0. The van der Waals surface area contributed by atoms with Crippen LogP contribution in [0.1, 0.15) is 36.6 Å². The molecule has 0 N–H and O–H groups in total. The van der Waals surface area contributed by atoms with Crippen molar-refractivity contribution in [3.05, 3.63) is 138 Å². The molecule has 0 fully saturated rings. The van der Waals surface area contributed by atoms with E-state index in [1.165, 1.54) is 22.8 Å². The summed E-state index contributed by atoms with van der Waals surface area (Å²) in [5.74, 6) is -1.44. The zero-order valence-corrected chi connectivity index (χ0v) is 24.4. The SMILES string of the molecule is CCOC(=O)C1=C(C)N=c2sc(=Cc3cn(-c4ccccc4)nc3-c3ccc(F)cc3)c(=O)n2C1c1ccc(C)c(F)c1. The van der Waals surface area contributed by atoms with Crippen LogP contribution < -0.4 is 14.9 Å². The van der Waals surface area contributed by atoms with Gasteiger partial charge in [0.2, 0.25) is 0 Å². The summed E-state index contributed by atoms with van der Waals surface area (Å²) in [6, 6.07) is 19.2. The Morgan fingerprint density at radius 1 is 1.05 bits per heavy atom. The van der Waals surface area contributed by atoms with Gasteiger partial charge in [-0.15, -0.1) is 0 Å². The lowest BCUT2D eigenvalue weighted by Gasteiger charge is -2.24. The maximum Gasteiger partial charge on any atom is 0.338 e. The lowest BCUT2D eigenvalue weighted by Crippen LogP contribution is -2.40. The molecule has 43 heavy (non-hydrogen) atoms. The van der Waals surface area contributed by atoms with Gasteiger partial charge in [0.05, 0.1) is 34.1 Å². The van der Waals surface area contributed by atoms with E-state index in [1.54, 1.807) is 62.0 Å². The standard InChI is InChI=1S/C33H26F2N4O3S/c1-4-42-32(41)28-20(3)36-33-39(30(28)22-11-10-19(2)26(35)16-22)31(40)27(43-33)17-23-18-38(25-8-6-5-7-9-25)37-29(23)21-12-14-24(34)15-13-21/h5-18,30H,4H2,1-3H3. The maximum absolute atomic E-state index is 14.8. The highest BCUT2D eigenvalue weighted by Gasteiger charge is 2.33. The van der Waals surface area contributed by atoms with E-state index < -0.39 is 23.4 Å². The summed E-state index contributed by atoms with van der Waals surface area (Å²) in [6.45, 7) is 5.15. The molecule has 2 aromatic heterocycles. The molecule has 1 atom stereocenters. The average Bonchev–Trinajstić information content (AvgIpc) is 3.55. The summed E-state index contributed by atoms with van der Waals surface area (Å²) < 4.78 is 37.3. The van der Waals surface area contributed by atoms with Gasteiger partial charge >= 0.3 is 5.97 Å². The molecule has 0 spiro atoms. The Morgan fingerprint density at radius 3 is 2.49 bits per heavy atom. The van der Waals surface area contributed by atoms with Gasteiger partial charge in [-0.05, 0) is 80.4 Å². The van der Waals surface area contributed by atoms with Crippen molar-refractivity contribution < 1.29 is 18.3 Å². The van der Waals surface area contributed by atoms with Crippen molar-refractivity contribution in [2.75, 3.05) is 6.61 Å². The first-order valence-electron chi connectivity index (χ1n) is 13.6. The molecule has 216 valence electrons. The number of fused-ring (bicyclic) bond motifs is 1. The van der Waals surface area contributed by atoms with Crippen LogP contribution in [0.5, 0.6) is 0 Å². The van der Waals surface area contributed by atoms with E-state index in [4.69, 9.17) is 9.84 Å². The molecule has 3 heterocycles. The molecule has 3 aromatic carbocycles. The van der Waals surface area contributed by atoms with Gasteiger partial charge in [-0.25, -0.2) is 23.2 Å². The minimum absolute atomic E-state index is 0.132. The molecule has 1 aliphatic heterocycles. The molecule has 0 saturated carbocycles. The second-order valence-corrected chi connectivity index (χ2v) is 11.0. The lowest BCUT2D eigenvalue weighted by molar-refractivity contribution is -0.139. The first-order valence-corrected chi connectivity index (χ1v) is 14.4. The summed E-state index contributed by atoms with van der Waals surface area (Å²) >= 11 is 1.16. The summed E-state index contributed by atoms with van der Waals surface area (Å²) in [5.41, 5.74) is 3.69. The highest BCUT2D eigenvalue weighted by molar-refractivity contribution is 7.07. The minimum Gasteiger partial charge on any atom is -0.463 e. The normalized spacial score (nSPS) is 14.9. The Hall–Kier alpha value is -4.96. The van der Waals surface area contributed by atoms with Crippen LogP contribution in [0.4, 0.5) is 8.78 Å². The largest absolute Gasteiger partial charge is 0.463 e. The van der Waals surface area contributed by atoms with Gasteiger partial charge in [-0.2, -0.15) is 5.10 Å². The number of carbonyl (C=O) groups is 1. The number of ether oxygens (including phenoxy) is 1. The van der Waals surface area contributed by atoms with E-state index in [0.29, 0.717) is 43.0 Å². The number of halogens is 2. The smallest absolute Gasteiger partial charge is 0.338 e. The molecule has 0 amide bonds. The van der Waals surface area contributed by atoms with E-state index in [2.05, 4.69) is 4.99 Å². The summed E-state index contributed by atoms with van der Waals surface area (Å²) in [6.07, 6.45) is 3.51. The van der Waals surface area contributed by atoms with Crippen LogP contribution in [0.15, 0.2) is 100 Å². The van der Waals surface area contributed by atoms with E-state index in [9.17, 15) is 18.4 Å². The van der Waals surface area contributed by atoms with Crippen LogP contribution in [-0.2, 0) is 9.53 Å². The molecule has 0 bridgehead atoms. The van der Waals surface area contributed by atoms with E-state index in [1.807, 2.05) is 30.3 Å². The monoisotopic (exact) mass is 596 g/mol. The molecular formula is C33H26F2N4O3S. The predicted molar refractivity (Wildman–Crippen MR) is 160 cm³/mol. The Balaban J connectivity index is 1.57. The third kappa shape index (κ3) is 5.25. The van der Waals surface area contributed by atoms with Crippen LogP contribution in [0.25, 0.3) is 23.0 Å². The highest BCUT2D eigenvalue weighted by atomic mass is 32.1. The lowest BCUT2D eigenvalue weighted by atomic mass is 9.95. The maximum atomic E-state index is 14.8. The zero-order chi connectivity index (χ0) is 30.2. The number of aryl methyl sites for hydroxylation is 1. The molecular weight excluding hydrogens is 570 g/mol. The fourth-order valence-corrected chi connectivity index (χ4v) is 6.10. The Bertz CT molecular complexity index is 2080. The Labute approximate surface area is 249 Å². The first-order chi connectivity index (χ1) is 20.7. The number of thiazole rings is 1. The number of rotatable bonds is 6. The Kier molecular flexibility index (Phi) is 7.45. The predicted octanol–water partition coefficient (Wildman–Crippen LogP) is 5.24. The summed E-state index contributed by atoms with van der Waals surface area (Å²) in [5, 5.41) is 4.76. The van der Waals surface area contributed by atoms with Gasteiger partial charge in [0.15, 0.2) is 4.80 Å². The van der Waals surface area contributed by atoms with Crippen molar-refractivity contribution in [1.29, 1.82) is 0 Å². The number of benzene rings is 3. The molecule has 0 aliphatic carbocycles. The fraction of sp³-hybridized carbons (Fsp3) is 0.152. The molecule has 0 saturated heterocycles. The third-order valence-corrected chi connectivity index (χ3v) is 8.18. The number of esters is 1. The topological polar surface area (TPSA) is 78.5 Å². The molecule has 6 rings (SSSR count). The molecule has 5 aromatic rings. The number of para-hydroxylation sites is 1. The zero-order valence-electron chi connectivity index (χ0n) is 23.5. The van der Waals surface area contributed by atoms with Gasteiger partial charge in [0.25, 0.3) is 5.56 Å². The molecule has 1 aliphatic rings. The van der Waals surface area contributed by atoms with Crippen molar-refractivity contribution in [1.82, 2.24) is 14.3 Å². The number of carbonyl (C=O) groups excluding carboxylic acids is 1. The van der Waals surface area contributed by atoms with E-state index >= 15 is 0 Å². The van der Waals surface area contributed by atoms with Gasteiger partial charge in [-0.3, -0.25) is 9.36 Å². The highest BCUT2D eigenvalue weighted by Crippen LogP contribution is 2.32. The van der Waals surface area contributed by atoms with Crippen molar-refractivity contribution >= 4 is 23.4 Å². The van der Waals surface area contributed by atoms with Gasteiger partial charge in [-0.1, -0.05) is 41.7 Å². The summed E-state index contributed by atoms with van der Waals surface area (Å²) in [4.78, 5) is 32.2. The molecule has 1 unspecified atom stereocenters. The first kappa shape index (κ1) is 28.2. The van der Waals surface area contributed by atoms with Crippen LogP contribution in [-0.4, -0.2) is 26.9 Å². The quantitative estimate of drug-likeness (QED) is 0.251. The van der Waals surface area contributed by atoms with Gasteiger partial charge in [0, 0.05) is 17.3 Å². The number of aromatic nitrogens is 3. The van der Waals surface area contributed by atoms with E-state index in [-0.39, 0.29) is 18.0 Å². The number of nitrogens with zero attached hydrogens (tertiary/aromatic N) is 4. The minimum atomic E-state index is -0.934. The fourth-order valence-electron chi connectivity index (χ4n) is 5.07. The molecule has 0 radical (unpaired) electrons. The molecule has 7 nitrogen and oxygen atoms in total. The van der Waals surface area contributed by atoms with Crippen molar-refractivity contribution in [2.24, 2.45) is 4.99 Å². The van der Waals surface area contributed by atoms with Crippen molar-refractivity contribution in [3.63, 3.8) is 0 Å². The number of hydrogen-bond acceptors (Lipinski definition) is 6. The number of allylic oxidation sites excluding steroid dienone is 1.